The van der Waals surface area contributed by atoms with Gasteiger partial charge in [0.05, 0.1) is 19.3 Å². The van der Waals surface area contributed by atoms with Gasteiger partial charge in [-0.15, -0.1) is 0 Å². The first-order valence-corrected chi connectivity index (χ1v) is 7.56. The molecular weight excluding hydrogens is 296 g/mol. The summed E-state index contributed by atoms with van der Waals surface area (Å²) in [6.45, 7) is 2.48. The number of nitrogens with zero attached hydrogens (tertiary/aromatic N) is 4. The molecule has 0 saturated heterocycles. The average Bonchev–Trinajstić information content (AvgIpc) is 2.92. The standard InChI is InChI=1S/C16H20N4O3/c1-22-12-16(21)20-9-13(8-19-6-5-18-15(19)10-20)11-23-14-3-2-4-17-7-14/h2-7,13H,8-12H2,1H3/t13-/m0/s1. The third-order valence-corrected chi connectivity index (χ3v) is 3.81. The molecule has 0 aromatic carbocycles. The summed E-state index contributed by atoms with van der Waals surface area (Å²) in [5, 5.41) is 0. The van der Waals surface area contributed by atoms with Crippen LogP contribution < -0.4 is 4.74 Å². The Morgan fingerprint density at radius 3 is 3.09 bits per heavy atom. The molecule has 2 aromatic heterocycles. The van der Waals surface area contributed by atoms with E-state index in [9.17, 15) is 4.79 Å². The second kappa shape index (κ2) is 7.23. The van der Waals surface area contributed by atoms with Crippen molar-refractivity contribution in [2.75, 3.05) is 26.9 Å². The Labute approximate surface area is 134 Å². The number of carbonyl (C=O) groups excluding carboxylic acids is 1. The number of fused-ring (bicyclic) bond motifs is 1. The molecule has 1 amide bonds. The van der Waals surface area contributed by atoms with Crippen LogP contribution in [-0.4, -0.2) is 52.2 Å². The predicted molar refractivity (Wildman–Crippen MR) is 82.7 cm³/mol. The minimum Gasteiger partial charge on any atom is -0.492 e. The summed E-state index contributed by atoms with van der Waals surface area (Å²) in [6, 6.07) is 3.71. The summed E-state index contributed by atoms with van der Waals surface area (Å²) in [7, 11) is 1.53. The molecule has 7 heteroatoms. The highest BCUT2D eigenvalue weighted by atomic mass is 16.5. The Balaban J connectivity index is 1.70. The maximum absolute atomic E-state index is 12.2. The van der Waals surface area contributed by atoms with Crippen LogP contribution in [0.4, 0.5) is 0 Å². The van der Waals surface area contributed by atoms with Gasteiger partial charge in [-0.2, -0.15) is 0 Å². The van der Waals surface area contributed by atoms with Crippen LogP contribution in [0, 0.1) is 5.92 Å². The number of carbonyl (C=O) groups is 1. The summed E-state index contributed by atoms with van der Waals surface area (Å²) >= 11 is 0. The van der Waals surface area contributed by atoms with Crippen molar-refractivity contribution in [2.45, 2.75) is 13.1 Å². The quantitative estimate of drug-likeness (QED) is 0.822. The Hall–Kier alpha value is -2.41. The lowest BCUT2D eigenvalue weighted by Gasteiger charge is -2.23. The molecule has 0 aliphatic carbocycles. The molecule has 23 heavy (non-hydrogen) atoms. The molecule has 0 bridgehead atoms. The molecular formula is C16H20N4O3. The maximum atomic E-state index is 12.2. The molecule has 0 spiro atoms. The van der Waals surface area contributed by atoms with E-state index in [4.69, 9.17) is 9.47 Å². The normalized spacial score (nSPS) is 17.4. The van der Waals surface area contributed by atoms with Gasteiger partial charge in [-0.1, -0.05) is 0 Å². The summed E-state index contributed by atoms with van der Waals surface area (Å²) in [5.74, 6) is 1.76. The van der Waals surface area contributed by atoms with E-state index in [1.807, 2.05) is 18.3 Å². The van der Waals surface area contributed by atoms with Crippen molar-refractivity contribution in [1.29, 1.82) is 0 Å². The van der Waals surface area contributed by atoms with Crippen LogP contribution in [-0.2, 0) is 22.6 Å². The summed E-state index contributed by atoms with van der Waals surface area (Å²) in [4.78, 5) is 22.4. The van der Waals surface area contributed by atoms with Crippen molar-refractivity contribution in [3.05, 3.63) is 42.7 Å². The van der Waals surface area contributed by atoms with Gasteiger partial charge in [-0.05, 0) is 12.1 Å². The van der Waals surface area contributed by atoms with Gasteiger partial charge in [0.2, 0.25) is 5.91 Å². The third kappa shape index (κ3) is 3.87. The van der Waals surface area contributed by atoms with Crippen LogP contribution in [0.3, 0.4) is 0 Å². The van der Waals surface area contributed by atoms with Crippen molar-refractivity contribution < 1.29 is 14.3 Å². The Bertz CT molecular complexity index is 644. The number of amides is 1. The van der Waals surface area contributed by atoms with Crippen molar-refractivity contribution in [1.82, 2.24) is 19.4 Å². The molecule has 0 unspecified atom stereocenters. The van der Waals surface area contributed by atoms with Crippen LogP contribution in [0.5, 0.6) is 5.75 Å². The molecule has 3 heterocycles. The lowest BCUT2D eigenvalue weighted by atomic mass is 10.1. The number of ether oxygens (including phenoxy) is 2. The smallest absolute Gasteiger partial charge is 0.248 e. The zero-order valence-corrected chi connectivity index (χ0v) is 13.1. The number of imidazole rings is 1. The van der Waals surface area contributed by atoms with E-state index in [2.05, 4.69) is 14.5 Å². The van der Waals surface area contributed by atoms with E-state index in [-0.39, 0.29) is 18.4 Å². The van der Waals surface area contributed by atoms with Crippen molar-refractivity contribution in [3.8, 4) is 5.75 Å². The number of hydrogen-bond acceptors (Lipinski definition) is 5. The fraction of sp³-hybridized carbons (Fsp3) is 0.438. The summed E-state index contributed by atoms with van der Waals surface area (Å²) in [5.41, 5.74) is 0. The first kappa shape index (κ1) is 15.5. The predicted octanol–water partition coefficient (Wildman–Crippen LogP) is 0.962. The van der Waals surface area contributed by atoms with E-state index in [1.165, 1.54) is 7.11 Å². The minimum absolute atomic E-state index is 0.0321. The fourth-order valence-corrected chi connectivity index (χ4v) is 2.70. The van der Waals surface area contributed by atoms with Gasteiger partial charge in [0.15, 0.2) is 0 Å². The van der Waals surface area contributed by atoms with Crippen molar-refractivity contribution in [3.63, 3.8) is 0 Å². The van der Waals surface area contributed by atoms with Crippen LogP contribution in [0.2, 0.25) is 0 Å². The topological polar surface area (TPSA) is 69.5 Å². The Morgan fingerprint density at radius 1 is 1.39 bits per heavy atom. The minimum atomic E-state index is -0.0321. The van der Waals surface area contributed by atoms with Crippen molar-refractivity contribution >= 4 is 5.91 Å². The molecule has 0 radical (unpaired) electrons. The molecule has 1 aliphatic rings. The van der Waals surface area contributed by atoms with E-state index >= 15 is 0 Å². The van der Waals surface area contributed by atoms with Crippen molar-refractivity contribution in [2.24, 2.45) is 5.92 Å². The monoisotopic (exact) mass is 316 g/mol. The zero-order valence-electron chi connectivity index (χ0n) is 13.1. The summed E-state index contributed by atoms with van der Waals surface area (Å²) in [6.07, 6.45) is 7.10. The van der Waals surface area contributed by atoms with Crippen LogP contribution in [0.1, 0.15) is 5.82 Å². The van der Waals surface area contributed by atoms with Gasteiger partial charge in [0.25, 0.3) is 0 Å². The molecule has 3 rings (SSSR count). The second-order valence-corrected chi connectivity index (χ2v) is 5.57. The second-order valence-electron chi connectivity index (χ2n) is 5.57. The first-order valence-electron chi connectivity index (χ1n) is 7.56. The average molecular weight is 316 g/mol. The van der Waals surface area contributed by atoms with Gasteiger partial charge >= 0.3 is 0 Å². The third-order valence-electron chi connectivity index (χ3n) is 3.81. The van der Waals surface area contributed by atoms with E-state index < -0.39 is 0 Å². The lowest BCUT2D eigenvalue weighted by molar-refractivity contribution is -0.136. The number of hydrogen-bond donors (Lipinski definition) is 0. The molecule has 1 aliphatic heterocycles. The van der Waals surface area contributed by atoms with E-state index in [0.29, 0.717) is 19.7 Å². The molecule has 1 atom stereocenters. The van der Waals surface area contributed by atoms with E-state index in [0.717, 1.165) is 18.1 Å². The highest BCUT2D eigenvalue weighted by molar-refractivity contribution is 5.77. The number of pyridine rings is 1. The lowest BCUT2D eigenvalue weighted by Crippen LogP contribution is -2.37. The molecule has 0 fully saturated rings. The largest absolute Gasteiger partial charge is 0.492 e. The number of aromatic nitrogens is 3. The van der Waals surface area contributed by atoms with Gasteiger partial charge in [0, 0.05) is 44.7 Å². The number of methoxy groups -OCH3 is 1. The molecule has 0 saturated carbocycles. The van der Waals surface area contributed by atoms with Crippen LogP contribution in [0.15, 0.2) is 36.9 Å². The molecule has 122 valence electrons. The SMILES string of the molecule is COCC(=O)N1Cc2nccn2C[C@H](COc2cccnc2)C1. The molecule has 2 aromatic rings. The van der Waals surface area contributed by atoms with Crippen LogP contribution in [0.25, 0.3) is 0 Å². The maximum Gasteiger partial charge on any atom is 0.248 e. The molecule has 7 nitrogen and oxygen atoms in total. The Kier molecular flexibility index (Phi) is 4.87. The zero-order chi connectivity index (χ0) is 16.1. The van der Waals surface area contributed by atoms with Gasteiger partial charge in [-0.25, -0.2) is 4.98 Å². The van der Waals surface area contributed by atoms with Gasteiger partial charge < -0.3 is 18.9 Å². The highest BCUT2D eigenvalue weighted by Crippen LogP contribution is 2.17. The molecule has 0 N–H and O–H groups in total. The van der Waals surface area contributed by atoms with Gasteiger partial charge in [0.1, 0.15) is 18.2 Å². The Morgan fingerprint density at radius 2 is 2.30 bits per heavy atom. The van der Waals surface area contributed by atoms with E-state index in [1.54, 1.807) is 23.5 Å². The first-order chi connectivity index (χ1) is 11.3. The summed E-state index contributed by atoms with van der Waals surface area (Å²) < 4.78 is 12.9. The van der Waals surface area contributed by atoms with Gasteiger partial charge in [-0.3, -0.25) is 9.78 Å². The highest BCUT2D eigenvalue weighted by Gasteiger charge is 2.26. The number of rotatable bonds is 5. The van der Waals surface area contributed by atoms with Crippen LogP contribution >= 0.6 is 0 Å². The fourth-order valence-electron chi connectivity index (χ4n) is 2.70.